The van der Waals surface area contributed by atoms with Gasteiger partial charge >= 0.3 is 0 Å². The van der Waals surface area contributed by atoms with Gasteiger partial charge in [-0.2, -0.15) is 0 Å². The van der Waals surface area contributed by atoms with Crippen molar-refractivity contribution in [1.82, 2.24) is 4.90 Å². The van der Waals surface area contributed by atoms with E-state index in [0.29, 0.717) is 36.6 Å². The van der Waals surface area contributed by atoms with Crippen molar-refractivity contribution in [2.24, 2.45) is 0 Å². The van der Waals surface area contributed by atoms with Crippen LogP contribution >= 0.6 is 0 Å². The van der Waals surface area contributed by atoms with Gasteiger partial charge in [0.1, 0.15) is 30.5 Å². The summed E-state index contributed by atoms with van der Waals surface area (Å²) in [5.74, 6) is 2.59. The maximum atomic E-state index is 12.0. The summed E-state index contributed by atoms with van der Waals surface area (Å²) >= 11 is 0. The molecule has 31 heavy (non-hydrogen) atoms. The van der Waals surface area contributed by atoms with E-state index < -0.39 is 15.9 Å². The predicted octanol–water partition coefficient (Wildman–Crippen LogP) is 2.23. The number of aryl methyl sites for hydroxylation is 1. The number of nitrogens with zero attached hydrogens (tertiary/aromatic N) is 1. The van der Waals surface area contributed by atoms with Crippen LogP contribution in [0.4, 0.5) is 0 Å². The molecule has 0 saturated carbocycles. The van der Waals surface area contributed by atoms with Gasteiger partial charge in [0.05, 0.1) is 24.7 Å². The Labute approximate surface area is 182 Å². The van der Waals surface area contributed by atoms with Gasteiger partial charge in [-0.1, -0.05) is 0 Å². The van der Waals surface area contributed by atoms with Crippen LogP contribution in [0.25, 0.3) is 0 Å². The summed E-state index contributed by atoms with van der Waals surface area (Å²) in [4.78, 5) is 12.9. The molecule has 1 aliphatic rings. The Hall–Kier alpha value is -2.36. The highest BCUT2D eigenvalue weighted by molar-refractivity contribution is 7.91. The molecule has 2 atom stereocenters. The third-order valence-corrected chi connectivity index (χ3v) is 6.91. The van der Waals surface area contributed by atoms with Crippen molar-refractivity contribution in [3.05, 3.63) is 47.4 Å². The van der Waals surface area contributed by atoms with E-state index in [2.05, 4.69) is 0 Å². The van der Waals surface area contributed by atoms with Crippen LogP contribution in [0.5, 0.6) is 11.5 Å². The number of carbonyl (C=O) groups excluding carboxylic acids is 1. The summed E-state index contributed by atoms with van der Waals surface area (Å²) in [5, 5.41) is 10.6. The first kappa shape index (κ1) is 23.3. The first-order valence-corrected chi connectivity index (χ1v) is 12.1. The minimum atomic E-state index is -3.07. The summed E-state index contributed by atoms with van der Waals surface area (Å²) in [6.45, 7) is 4.72. The maximum Gasteiger partial charge on any atom is 0.161 e. The number of ether oxygens (including phenoxy) is 2. The molecule has 1 N–H and O–H groups in total. The van der Waals surface area contributed by atoms with Crippen LogP contribution in [0.15, 0.2) is 34.7 Å². The number of aldehydes is 1. The highest BCUT2D eigenvalue weighted by Crippen LogP contribution is 2.28. The number of hydrogen-bond acceptors (Lipinski definition) is 8. The van der Waals surface area contributed by atoms with Crippen LogP contribution in [0.1, 0.15) is 35.2 Å². The summed E-state index contributed by atoms with van der Waals surface area (Å²) in [5.41, 5.74) is 0.471. The number of hydrogen-bond donors (Lipinski definition) is 1. The fourth-order valence-corrected chi connectivity index (χ4v) is 5.43. The van der Waals surface area contributed by atoms with E-state index in [1.165, 1.54) is 0 Å². The minimum absolute atomic E-state index is 0.00629. The summed E-state index contributed by atoms with van der Waals surface area (Å²) in [7, 11) is -3.07. The number of aliphatic hydroxyl groups excluding tert-OH is 1. The molecule has 0 amide bonds. The lowest BCUT2D eigenvalue weighted by molar-refractivity contribution is 0.0487. The van der Waals surface area contributed by atoms with Gasteiger partial charge in [-0.05, 0) is 50.6 Å². The van der Waals surface area contributed by atoms with Crippen LogP contribution in [0.3, 0.4) is 0 Å². The second-order valence-corrected chi connectivity index (χ2v) is 9.95. The lowest BCUT2D eigenvalue weighted by Crippen LogP contribution is -2.42. The second kappa shape index (κ2) is 10.3. The van der Waals surface area contributed by atoms with Crippen LogP contribution in [-0.2, 0) is 16.4 Å². The Morgan fingerprint density at radius 3 is 2.68 bits per heavy atom. The number of furan rings is 1. The molecule has 170 valence electrons. The first-order chi connectivity index (χ1) is 14.8. The van der Waals surface area contributed by atoms with Crippen molar-refractivity contribution in [2.75, 3.05) is 31.3 Å². The molecule has 1 saturated heterocycles. The lowest BCUT2D eigenvalue weighted by atomic mass is 10.2. The van der Waals surface area contributed by atoms with E-state index in [4.69, 9.17) is 13.9 Å². The highest BCUT2D eigenvalue weighted by atomic mass is 32.2. The van der Waals surface area contributed by atoms with Crippen LogP contribution in [-0.4, -0.2) is 68.1 Å². The van der Waals surface area contributed by atoms with Gasteiger partial charge in [0.25, 0.3) is 0 Å². The normalized spacial score (nSPS) is 18.8. The summed E-state index contributed by atoms with van der Waals surface area (Å²) in [6, 6.07) is 8.37. The number of benzene rings is 1. The van der Waals surface area contributed by atoms with Crippen molar-refractivity contribution >= 4 is 16.1 Å². The Bertz CT molecular complexity index is 985. The molecular weight excluding hydrogens is 422 g/mol. The lowest BCUT2D eigenvalue weighted by Gasteiger charge is -2.29. The van der Waals surface area contributed by atoms with Crippen LogP contribution in [0.2, 0.25) is 0 Å². The maximum absolute atomic E-state index is 12.0. The third-order valence-electron chi connectivity index (χ3n) is 5.16. The minimum Gasteiger partial charge on any atom is -0.490 e. The van der Waals surface area contributed by atoms with E-state index >= 15 is 0 Å². The SMILES string of the molecule is CCOc1cc(C=O)ccc1OCC(O)CN(Cc1ccc(C)o1)C1CCS(=O)(=O)C1. The van der Waals surface area contributed by atoms with Gasteiger partial charge in [-0.3, -0.25) is 9.69 Å². The zero-order valence-corrected chi connectivity index (χ0v) is 18.6. The summed E-state index contributed by atoms with van der Waals surface area (Å²) in [6.07, 6.45) is 0.391. The summed E-state index contributed by atoms with van der Waals surface area (Å²) < 4.78 is 40.9. The highest BCUT2D eigenvalue weighted by Gasteiger charge is 2.33. The van der Waals surface area contributed by atoms with Crippen molar-refractivity contribution in [1.29, 1.82) is 0 Å². The Balaban J connectivity index is 1.66. The monoisotopic (exact) mass is 451 g/mol. The van der Waals surface area contributed by atoms with Gasteiger partial charge in [0.15, 0.2) is 21.3 Å². The van der Waals surface area contributed by atoms with E-state index in [1.54, 1.807) is 18.2 Å². The zero-order chi connectivity index (χ0) is 22.4. The van der Waals surface area contributed by atoms with Gasteiger partial charge in [0, 0.05) is 18.2 Å². The molecule has 1 aromatic heterocycles. The second-order valence-electron chi connectivity index (χ2n) is 7.72. The van der Waals surface area contributed by atoms with E-state index in [1.807, 2.05) is 30.9 Å². The number of rotatable bonds is 11. The molecule has 0 spiro atoms. The molecule has 2 heterocycles. The Morgan fingerprint density at radius 2 is 2.06 bits per heavy atom. The van der Waals surface area contributed by atoms with Crippen molar-refractivity contribution < 1.29 is 32.2 Å². The molecular formula is C22H29NO7S. The number of aliphatic hydroxyl groups is 1. The van der Waals surface area contributed by atoms with Crippen molar-refractivity contribution in [2.45, 2.75) is 39.0 Å². The molecule has 2 aromatic rings. The quantitative estimate of drug-likeness (QED) is 0.519. The molecule has 1 fully saturated rings. The van der Waals surface area contributed by atoms with Gasteiger partial charge < -0.3 is 19.0 Å². The molecule has 2 unspecified atom stereocenters. The predicted molar refractivity (Wildman–Crippen MR) is 115 cm³/mol. The average molecular weight is 452 g/mol. The average Bonchev–Trinajstić information content (AvgIpc) is 3.31. The van der Waals surface area contributed by atoms with Crippen LogP contribution in [0, 0.1) is 6.92 Å². The molecule has 8 nitrogen and oxygen atoms in total. The van der Waals surface area contributed by atoms with Gasteiger partial charge in [-0.15, -0.1) is 0 Å². The Kier molecular flexibility index (Phi) is 7.74. The van der Waals surface area contributed by atoms with Crippen molar-refractivity contribution in [3.8, 4) is 11.5 Å². The first-order valence-electron chi connectivity index (χ1n) is 10.3. The topological polar surface area (TPSA) is 106 Å². The van der Waals surface area contributed by atoms with E-state index in [9.17, 15) is 18.3 Å². The standard InChI is InChI=1S/C22H29NO7S/c1-3-28-22-10-17(13-24)5-7-21(22)29-14-19(25)11-23(12-20-6-4-16(2)30-20)18-8-9-31(26,27)15-18/h4-7,10,13,18-19,25H,3,8-9,11-12,14-15H2,1-2H3. The number of carbonyl (C=O) groups is 1. The molecule has 0 bridgehead atoms. The van der Waals surface area contributed by atoms with E-state index in [0.717, 1.165) is 17.8 Å². The van der Waals surface area contributed by atoms with Gasteiger partial charge in [0.2, 0.25) is 0 Å². The molecule has 3 rings (SSSR count). The zero-order valence-electron chi connectivity index (χ0n) is 17.8. The van der Waals surface area contributed by atoms with Gasteiger partial charge in [-0.25, -0.2) is 8.42 Å². The smallest absolute Gasteiger partial charge is 0.161 e. The van der Waals surface area contributed by atoms with E-state index in [-0.39, 0.29) is 30.7 Å². The Morgan fingerprint density at radius 1 is 1.26 bits per heavy atom. The number of sulfone groups is 1. The molecule has 0 aliphatic carbocycles. The molecule has 9 heteroatoms. The van der Waals surface area contributed by atoms with Crippen molar-refractivity contribution in [3.63, 3.8) is 0 Å². The molecule has 0 radical (unpaired) electrons. The van der Waals surface area contributed by atoms with Crippen LogP contribution < -0.4 is 9.47 Å². The molecule has 1 aromatic carbocycles. The largest absolute Gasteiger partial charge is 0.490 e. The fraction of sp³-hybridized carbons (Fsp3) is 0.500. The molecule has 1 aliphatic heterocycles. The fourth-order valence-electron chi connectivity index (χ4n) is 3.67. The third kappa shape index (κ3) is 6.56.